The van der Waals surface area contributed by atoms with Gasteiger partial charge in [0.05, 0.1) is 19.3 Å². The lowest BCUT2D eigenvalue weighted by Gasteiger charge is -2.08. The van der Waals surface area contributed by atoms with E-state index in [0.717, 1.165) is 0 Å². The third-order valence-electron chi connectivity index (χ3n) is 2.45. The monoisotopic (exact) mass is 201 g/mol. The minimum atomic E-state index is -1.47. The summed E-state index contributed by atoms with van der Waals surface area (Å²) in [5, 5.41) is 11.3. The van der Waals surface area contributed by atoms with Crippen LogP contribution in [0.3, 0.4) is 0 Å². The summed E-state index contributed by atoms with van der Waals surface area (Å²) in [6.07, 6.45) is -0.570. The van der Waals surface area contributed by atoms with Gasteiger partial charge in [-0.3, -0.25) is 4.79 Å². The molecule has 2 fully saturated rings. The first-order valence-corrected chi connectivity index (χ1v) is 4.43. The summed E-state index contributed by atoms with van der Waals surface area (Å²) >= 11 is 0. The van der Waals surface area contributed by atoms with E-state index in [4.69, 9.17) is 14.6 Å². The van der Waals surface area contributed by atoms with Crippen molar-refractivity contribution in [2.75, 3.05) is 13.2 Å². The number of carbonyl (C=O) groups excluding carboxylic acids is 2. The van der Waals surface area contributed by atoms with E-state index < -0.39 is 29.6 Å². The molecular weight excluding hydrogens is 190 g/mol. The molecule has 0 unspecified atom stereocenters. The number of morpholine rings is 1. The lowest BCUT2D eigenvalue weighted by Crippen LogP contribution is -2.40. The second kappa shape index (κ2) is 2.93. The van der Waals surface area contributed by atoms with Gasteiger partial charge in [-0.05, 0) is 6.92 Å². The quantitative estimate of drug-likeness (QED) is 0.319. The van der Waals surface area contributed by atoms with E-state index in [2.05, 4.69) is 5.32 Å². The lowest BCUT2D eigenvalue weighted by atomic mass is 10.1. The predicted octanol–water partition coefficient (Wildman–Crippen LogP) is -1.82. The topological polar surface area (TPSA) is 88.2 Å². The molecule has 14 heavy (non-hydrogen) atoms. The molecule has 0 aromatic rings. The van der Waals surface area contributed by atoms with Gasteiger partial charge in [-0.2, -0.15) is 0 Å². The molecule has 0 aromatic carbocycles. The van der Waals surface area contributed by atoms with Crippen LogP contribution in [0.25, 0.3) is 0 Å². The van der Waals surface area contributed by atoms with Gasteiger partial charge in [0.15, 0.2) is 0 Å². The second-order valence-corrected chi connectivity index (χ2v) is 3.26. The van der Waals surface area contributed by atoms with Crippen molar-refractivity contribution >= 4 is 11.9 Å². The lowest BCUT2D eigenvalue weighted by molar-refractivity contribution is -0.153. The molecule has 0 aromatic heterocycles. The Hall–Kier alpha value is -1.14. The fraction of sp³-hybridized carbons (Fsp3) is 0.750. The number of rotatable bonds is 3. The average molecular weight is 201 g/mol. The molecule has 3 atom stereocenters. The van der Waals surface area contributed by atoms with Crippen molar-refractivity contribution in [3.8, 4) is 0 Å². The fourth-order valence-corrected chi connectivity index (χ4v) is 1.70. The van der Waals surface area contributed by atoms with E-state index in [0.29, 0.717) is 0 Å². The Bertz CT molecular complexity index is 291. The van der Waals surface area contributed by atoms with E-state index >= 15 is 0 Å². The van der Waals surface area contributed by atoms with Crippen LogP contribution in [-0.2, 0) is 19.1 Å². The molecule has 2 aliphatic heterocycles. The summed E-state index contributed by atoms with van der Waals surface area (Å²) in [6.45, 7) is 1.62. The summed E-state index contributed by atoms with van der Waals surface area (Å²) in [4.78, 5) is 22.8. The van der Waals surface area contributed by atoms with Crippen LogP contribution in [0.5, 0.6) is 0 Å². The van der Waals surface area contributed by atoms with Crippen LogP contribution in [0.15, 0.2) is 0 Å². The Morgan fingerprint density at radius 2 is 2.50 bits per heavy atom. The number of aliphatic hydroxyl groups excluding tert-OH is 1. The van der Waals surface area contributed by atoms with Crippen molar-refractivity contribution in [3.63, 3.8) is 0 Å². The number of amides is 1. The Morgan fingerprint density at radius 3 is 2.93 bits per heavy atom. The minimum absolute atomic E-state index is 0.202. The second-order valence-electron chi connectivity index (χ2n) is 3.26. The smallest absolute Gasteiger partial charge is 0.351 e. The normalized spacial score (nSPS) is 38.9. The van der Waals surface area contributed by atoms with Crippen molar-refractivity contribution < 1.29 is 24.2 Å². The molecule has 2 rings (SSSR count). The minimum Gasteiger partial charge on any atom is -0.463 e. The molecule has 2 N–H and O–H groups in total. The van der Waals surface area contributed by atoms with Crippen molar-refractivity contribution in [3.05, 3.63) is 0 Å². The number of hydrogen-bond donors (Lipinski definition) is 2. The zero-order valence-corrected chi connectivity index (χ0v) is 7.65. The number of hydrogen-bond acceptors (Lipinski definition) is 5. The molecule has 2 saturated heterocycles. The molecule has 0 bridgehead atoms. The molecule has 0 saturated carbocycles. The number of fused-ring (bicyclic) bond motifs is 1. The van der Waals surface area contributed by atoms with Crippen LogP contribution in [-0.4, -0.2) is 47.9 Å². The maximum atomic E-state index is 11.4. The van der Waals surface area contributed by atoms with Crippen LogP contribution in [0.2, 0.25) is 0 Å². The maximum absolute atomic E-state index is 11.4. The van der Waals surface area contributed by atoms with Gasteiger partial charge in [0.1, 0.15) is 6.10 Å². The Kier molecular flexibility index (Phi) is 1.97. The van der Waals surface area contributed by atoms with Gasteiger partial charge in [0.25, 0.3) is 11.5 Å². The van der Waals surface area contributed by atoms with Gasteiger partial charge in [-0.15, -0.1) is 0 Å². The van der Waals surface area contributed by atoms with Gasteiger partial charge in [0, 0.05) is 0 Å². The first-order valence-electron chi connectivity index (χ1n) is 4.43. The Labute approximate surface area is 80.2 Å². The molecule has 0 spiro atoms. The van der Waals surface area contributed by atoms with Gasteiger partial charge in [-0.1, -0.05) is 0 Å². The van der Waals surface area contributed by atoms with Gasteiger partial charge < -0.3 is 19.9 Å². The Balaban J connectivity index is 2.13. The fourth-order valence-electron chi connectivity index (χ4n) is 1.70. The Morgan fingerprint density at radius 1 is 1.79 bits per heavy atom. The molecule has 6 nitrogen and oxygen atoms in total. The zero-order valence-electron chi connectivity index (χ0n) is 7.65. The number of nitrogens with one attached hydrogen (secondary N) is 1. The number of epoxide rings is 1. The standard InChI is InChI=1S/C8H11NO5/c1-2-13-7(12)8-5(14-8)4(3-10)9-6(8)11/h4-5,10H,2-3H2,1H3,(H,9,11)/t4-,5-,8-/m1/s1. The molecule has 6 heteroatoms. The summed E-state index contributed by atoms with van der Waals surface area (Å²) in [5.74, 6) is -1.18. The highest BCUT2D eigenvalue weighted by Gasteiger charge is 2.76. The van der Waals surface area contributed by atoms with Crippen LogP contribution in [0.4, 0.5) is 0 Å². The molecule has 0 aliphatic carbocycles. The van der Waals surface area contributed by atoms with E-state index in [9.17, 15) is 9.59 Å². The van der Waals surface area contributed by atoms with E-state index in [-0.39, 0.29) is 13.2 Å². The van der Waals surface area contributed by atoms with Gasteiger partial charge in [0.2, 0.25) is 0 Å². The average Bonchev–Trinajstić information content (AvgIpc) is 2.85. The van der Waals surface area contributed by atoms with Gasteiger partial charge >= 0.3 is 5.97 Å². The van der Waals surface area contributed by atoms with Crippen molar-refractivity contribution in [2.24, 2.45) is 0 Å². The van der Waals surface area contributed by atoms with Crippen LogP contribution < -0.4 is 5.32 Å². The third-order valence-corrected chi connectivity index (χ3v) is 2.45. The predicted molar refractivity (Wildman–Crippen MR) is 43.3 cm³/mol. The highest BCUT2D eigenvalue weighted by Crippen LogP contribution is 2.44. The highest BCUT2D eigenvalue weighted by atomic mass is 16.7. The van der Waals surface area contributed by atoms with Gasteiger partial charge in [-0.25, -0.2) is 4.79 Å². The van der Waals surface area contributed by atoms with Crippen molar-refractivity contribution in [2.45, 2.75) is 24.7 Å². The zero-order chi connectivity index (χ0) is 10.3. The van der Waals surface area contributed by atoms with Crippen molar-refractivity contribution in [1.82, 2.24) is 5.32 Å². The van der Waals surface area contributed by atoms with E-state index in [1.54, 1.807) is 6.92 Å². The van der Waals surface area contributed by atoms with Crippen LogP contribution in [0, 0.1) is 0 Å². The van der Waals surface area contributed by atoms with Crippen LogP contribution in [0.1, 0.15) is 6.92 Å². The SMILES string of the molecule is CCOC(=O)[C@@]12O[C@@H]1[C@@H](CO)NC2=O. The summed E-state index contributed by atoms with van der Waals surface area (Å²) in [5.41, 5.74) is -1.47. The number of esters is 1. The maximum Gasteiger partial charge on any atom is 0.351 e. The third kappa shape index (κ3) is 0.978. The molecule has 0 radical (unpaired) electrons. The van der Waals surface area contributed by atoms with E-state index in [1.165, 1.54) is 0 Å². The van der Waals surface area contributed by atoms with Crippen LogP contribution >= 0.6 is 0 Å². The molecule has 2 aliphatic rings. The highest BCUT2D eigenvalue weighted by molar-refractivity contribution is 6.12. The molecule has 78 valence electrons. The molecule has 2 heterocycles. The molecule has 1 amide bonds. The first kappa shape index (κ1) is 9.42. The summed E-state index contributed by atoms with van der Waals surface area (Å²) < 4.78 is 9.75. The number of ether oxygens (including phenoxy) is 2. The first-order chi connectivity index (χ1) is 6.66. The summed E-state index contributed by atoms with van der Waals surface area (Å²) in [7, 11) is 0. The van der Waals surface area contributed by atoms with Crippen molar-refractivity contribution in [1.29, 1.82) is 0 Å². The summed E-state index contributed by atoms with van der Waals surface area (Å²) in [6, 6.07) is -0.494. The molecular formula is C8H11NO5. The number of aliphatic hydroxyl groups is 1. The van der Waals surface area contributed by atoms with E-state index in [1.807, 2.05) is 0 Å². The number of carbonyl (C=O) groups is 2. The largest absolute Gasteiger partial charge is 0.463 e.